The van der Waals surface area contributed by atoms with Crippen molar-refractivity contribution < 1.29 is 5.11 Å². The van der Waals surface area contributed by atoms with Crippen LogP contribution in [0.2, 0.25) is 0 Å². The van der Waals surface area contributed by atoms with Crippen LogP contribution in [0.25, 0.3) is 0 Å². The van der Waals surface area contributed by atoms with Gasteiger partial charge in [-0.3, -0.25) is 0 Å². The molecule has 0 bridgehead atoms. The zero-order chi connectivity index (χ0) is 9.52. The van der Waals surface area contributed by atoms with Gasteiger partial charge in [-0.25, -0.2) is 9.97 Å². The van der Waals surface area contributed by atoms with E-state index in [0.29, 0.717) is 5.95 Å². The van der Waals surface area contributed by atoms with Crippen molar-refractivity contribution in [2.45, 2.75) is 12.8 Å². The molecule has 0 aliphatic carbocycles. The topological polar surface area (TPSA) is 58.0 Å². The van der Waals surface area contributed by atoms with Crippen LogP contribution in [-0.4, -0.2) is 28.2 Å². The van der Waals surface area contributed by atoms with Crippen molar-refractivity contribution in [1.29, 1.82) is 0 Å². The van der Waals surface area contributed by atoms with Crippen LogP contribution < -0.4 is 5.32 Å². The third kappa shape index (κ3) is 4.19. The molecule has 13 heavy (non-hydrogen) atoms. The summed E-state index contributed by atoms with van der Waals surface area (Å²) in [5, 5.41) is 11.6. The van der Waals surface area contributed by atoms with E-state index < -0.39 is 0 Å². The summed E-state index contributed by atoms with van der Waals surface area (Å²) in [5.74, 6) is 0.626. The molecule has 0 aromatic carbocycles. The Labute approximate surface area is 85.5 Å². The molecule has 1 heterocycles. The van der Waals surface area contributed by atoms with Crippen molar-refractivity contribution in [3.05, 3.63) is 16.9 Å². The first-order valence-corrected chi connectivity index (χ1v) is 4.94. The number of nitrogens with one attached hydrogen (secondary N) is 1. The second kappa shape index (κ2) is 5.88. The predicted octanol–water partition coefficient (Wildman–Crippen LogP) is 1.42. The lowest BCUT2D eigenvalue weighted by Crippen LogP contribution is -2.05. The SMILES string of the molecule is OCCCCNc1ncc(Br)cn1. The van der Waals surface area contributed by atoms with Crippen LogP contribution >= 0.6 is 15.9 Å². The van der Waals surface area contributed by atoms with Crippen LogP contribution in [-0.2, 0) is 0 Å². The number of aliphatic hydroxyl groups is 1. The quantitative estimate of drug-likeness (QED) is 0.771. The van der Waals surface area contributed by atoms with Gasteiger partial charge in [-0.2, -0.15) is 0 Å². The summed E-state index contributed by atoms with van der Waals surface area (Å²) in [6, 6.07) is 0. The molecule has 0 amide bonds. The van der Waals surface area contributed by atoms with Gasteiger partial charge in [-0.15, -0.1) is 0 Å². The summed E-state index contributed by atoms with van der Waals surface area (Å²) >= 11 is 3.25. The normalized spacial score (nSPS) is 10.0. The molecule has 1 aromatic heterocycles. The Kier molecular flexibility index (Phi) is 4.70. The average molecular weight is 246 g/mol. The van der Waals surface area contributed by atoms with Crippen LogP contribution in [0.5, 0.6) is 0 Å². The summed E-state index contributed by atoms with van der Waals surface area (Å²) in [7, 11) is 0. The zero-order valence-corrected chi connectivity index (χ0v) is 8.79. The molecule has 0 aliphatic heterocycles. The number of hydrogen-bond donors (Lipinski definition) is 2. The Balaban J connectivity index is 2.25. The Morgan fingerprint density at radius 3 is 2.62 bits per heavy atom. The molecule has 0 radical (unpaired) electrons. The minimum Gasteiger partial charge on any atom is -0.396 e. The van der Waals surface area contributed by atoms with E-state index in [4.69, 9.17) is 5.11 Å². The van der Waals surface area contributed by atoms with Gasteiger partial charge >= 0.3 is 0 Å². The van der Waals surface area contributed by atoms with E-state index in [0.717, 1.165) is 23.9 Å². The Morgan fingerprint density at radius 2 is 2.00 bits per heavy atom. The second-order valence-electron chi connectivity index (χ2n) is 2.58. The van der Waals surface area contributed by atoms with Gasteiger partial charge in [0.1, 0.15) is 0 Å². The van der Waals surface area contributed by atoms with Gasteiger partial charge in [0.05, 0.1) is 4.47 Å². The fraction of sp³-hybridized carbons (Fsp3) is 0.500. The number of aliphatic hydroxyl groups excluding tert-OH is 1. The summed E-state index contributed by atoms with van der Waals surface area (Å²) in [6.45, 7) is 1.03. The van der Waals surface area contributed by atoms with E-state index in [1.807, 2.05) is 0 Å². The van der Waals surface area contributed by atoms with Crippen LogP contribution in [0.4, 0.5) is 5.95 Å². The molecule has 5 heteroatoms. The number of nitrogens with zero attached hydrogens (tertiary/aromatic N) is 2. The number of anilines is 1. The van der Waals surface area contributed by atoms with Crippen molar-refractivity contribution in [2.24, 2.45) is 0 Å². The molecular weight excluding hydrogens is 234 g/mol. The molecule has 1 rings (SSSR count). The smallest absolute Gasteiger partial charge is 0.222 e. The first kappa shape index (κ1) is 10.4. The van der Waals surface area contributed by atoms with Gasteiger partial charge in [0.25, 0.3) is 0 Å². The summed E-state index contributed by atoms with van der Waals surface area (Å²) in [5.41, 5.74) is 0. The number of unbranched alkanes of at least 4 members (excludes halogenated alkanes) is 1. The fourth-order valence-corrected chi connectivity index (χ4v) is 1.05. The third-order valence-corrected chi connectivity index (χ3v) is 1.90. The Morgan fingerprint density at radius 1 is 1.31 bits per heavy atom. The molecule has 2 N–H and O–H groups in total. The largest absolute Gasteiger partial charge is 0.396 e. The maximum atomic E-state index is 8.53. The van der Waals surface area contributed by atoms with E-state index in [-0.39, 0.29) is 6.61 Å². The molecule has 0 saturated heterocycles. The highest BCUT2D eigenvalue weighted by Crippen LogP contribution is 2.06. The van der Waals surface area contributed by atoms with Crippen molar-refractivity contribution >= 4 is 21.9 Å². The van der Waals surface area contributed by atoms with Gasteiger partial charge in [0.2, 0.25) is 5.95 Å². The lowest BCUT2D eigenvalue weighted by Gasteiger charge is -2.02. The number of rotatable bonds is 5. The van der Waals surface area contributed by atoms with Crippen LogP contribution in [0.15, 0.2) is 16.9 Å². The second-order valence-corrected chi connectivity index (χ2v) is 3.50. The summed E-state index contributed by atoms with van der Waals surface area (Å²) in [4.78, 5) is 8.09. The van der Waals surface area contributed by atoms with Crippen LogP contribution in [0.3, 0.4) is 0 Å². The first-order chi connectivity index (χ1) is 6.33. The van der Waals surface area contributed by atoms with Gasteiger partial charge in [-0.05, 0) is 28.8 Å². The van der Waals surface area contributed by atoms with E-state index in [1.54, 1.807) is 12.4 Å². The molecule has 0 fully saturated rings. The van der Waals surface area contributed by atoms with Crippen LogP contribution in [0, 0.1) is 0 Å². The van der Waals surface area contributed by atoms with E-state index in [2.05, 4.69) is 31.2 Å². The molecule has 0 unspecified atom stereocenters. The monoisotopic (exact) mass is 245 g/mol. The fourth-order valence-electron chi connectivity index (χ4n) is 0.841. The third-order valence-electron chi connectivity index (χ3n) is 1.49. The number of hydrogen-bond acceptors (Lipinski definition) is 4. The standard InChI is InChI=1S/C8H12BrN3O/c9-7-5-11-8(12-6-7)10-3-1-2-4-13/h5-6,13H,1-4H2,(H,10,11,12). The highest BCUT2D eigenvalue weighted by Gasteiger charge is 1.93. The Bertz CT molecular complexity index is 240. The van der Waals surface area contributed by atoms with Gasteiger partial charge in [0.15, 0.2) is 0 Å². The van der Waals surface area contributed by atoms with Crippen molar-refractivity contribution in [2.75, 3.05) is 18.5 Å². The van der Waals surface area contributed by atoms with E-state index in [1.165, 1.54) is 0 Å². The first-order valence-electron chi connectivity index (χ1n) is 4.15. The minimum atomic E-state index is 0.239. The Hall–Kier alpha value is -0.680. The van der Waals surface area contributed by atoms with E-state index in [9.17, 15) is 0 Å². The van der Waals surface area contributed by atoms with Crippen LogP contribution in [0.1, 0.15) is 12.8 Å². The van der Waals surface area contributed by atoms with Crippen molar-refractivity contribution in [1.82, 2.24) is 9.97 Å². The molecule has 1 aromatic rings. The zero-order valence-electron chi connectivity index (χ0n) is 7.20. The minimum absolute atomic E-state index is 0.239. The number of halogens is 1. The molecule has 0 atom stereocenters. The molecule has 72 valence electrons. The summed E-state index contributed by atoms with van der Waals surface area (Å²) in [6.07, 6.45) is 5.13. The highest BCUT2D eigenvalue weighted by atomic mass is 79.9. The van der Waals surface area contributed by atoms with Crippen molar-refractivity contribution in [3.63, 3.8) is 0 Å². The lowest BCUT2D eigenvalue weighted by atomic mass is 10.3. The molecule has 0 spiro atoms. The molecule has 0 saturated carbocycles. The molecule has 4 nitrogen and oxygen atoms in total. The predicted molar refractivity (Wildman–Crippen MR) is 54.5 cm³/mol. The van der Waals surface area contributed by atoms with Gasteiger partial charge in [-0.1, -0.05) is 0 Å². The average Bonchev–Trinajstić information content (AvgIpc) is 2.15. The maximum absolute atomic E-state index is 8.53. The van der Waals surface area contributed by atoms with Crippen molar-refractivity contribution in [3.8, 4) is 0 Å². The lowest BCUT2D eigenvalue weighted by molar-refractivity contribution is 0.286. The van der Waals surface area contributed by atoms with Gasteiger partial charge < -0.3 is 10.4 Å². The van der Waals surface area contributed by atoms with Gasteiger partial charge in [0, 0.05) is 25.5 Å². The molecular formula is C8H12BrN3O. The summed E-state index contributed by atoms with van der Waals surface area (Å²) < 4.78 is 0.869. The highest BCUT2D eigenvalue weighted by molar-refractivity contribution is 9.10. The maximum Gasteiger partial charge on any atom is 0.222 e. The number of aromatic nitrogens is 2. The van der Waals surface area contributed by atoms with E-state index >= 15 is 0 Å². The molecule has 0 aliphatic rings.